The molecule has 37 heavy (non-hydrogen) atoms. The molecule has 12 nitrogen and oxygen atoms in total. The number of para-hydroxylation sites is 1. The molecule has 3 aromatic rings. The number of fused-ring (bicyclic) bond motifs is 2. The molecule has 1 unspecified atom stereocenters. The van der Waals surface area contributed by atoms with E-state index in [0.29, 0.717) is 16.9 Å². The summed E-state index contributed by atoms with van der Waals surface area (Å²) >= 11 is 6.25. The van der Waals surface area contributed by atoms with E-state index < -0.39 is 52.1 Å². The highest BCUT2D eigenvalue weighted by molar-refractivity contribution is 7.70. The number of halogens is 1. The molecule has 0 bridgehead atoms. The maximum atomic E-state index is 11.9. The second-order valence-electron chi connectivity index (χ2n) is 8.94. The highest BCUT2D eigenvalue weighted by Crippen LogP contribution is 2.55. The first-order valence-electron chi connectivity index (χ1n) is 11.3. The third-order valence-electron chi connectivity index (χ3n) is 6.31. The Morgan fingerprint density at radius 3 is 2.59 bits per heavy atom. The molecule has 0 radical (unpaired) electrons. The Balaban J connectivity index is 1.39. The van der Waals surface area contributed by atoms with Crippen LogP contribution in [-0.2, 0) is 24.8 Å². The lowest BCUT2D eigenvalue weighted by Crippen LogP contribution is -2.33. The summed E-state index contributed by atoms with van der Waals surface area (Å²) in [6.45, 7) is 0.0567. The van der Waals surface area contributed by atoms with Crippen molar-refractivity contribution < 1.29 is 43.3 Å². The third kappa shape index (κ3) is 5.60. The first-order chi connectivity index (χ1) is 17.4. The lowest BCUT2D eigenvalue weighted by molar-refractivity contribution is -0.0186. The van der Waals surface area contributed by atoms with Crippen molar-refractivity contribution in [2.45, 2.75) is 30.8 Å². The molecule has 0 saturated carbocycles. The minimum Gasteiger partial charge on any atom is -0.387 e. The number of nitrogens with zero attached hydrogens (tertiary/aromatic N) is 3. The number of rotatable bonds is 7. The monoisotopic (exact) mass is 571 g/mol. The molecule has 3 heterocycles. The first kappa shape index (κ1) is 26.6. The smallest absolute Gasteiger partial charge is 0.340 e. The summed E-state index contributed by atoms with van der Waals surface area (Å²) < 4.78 is 33.4. The van der Waals surface area contributed by atoms with E-state index in [-0.39, 0.29) is 5.28 Å². The van der Waals surface area contributed by atoms with Crippen LogP contribution in [0.5, 0.6) is 0 Å². The quantitative estimate of drug-likeness (QED) is 0.207. The average molecular weight is 572 g/mol. The van der Waals surface area contributed by atoms with Crippen LogP contribution < -0.4 is 4.90 Å². The fourth-order valence-corrected chi connectivity index (χ4v) is 7.41. The van der Waals surface area contributed by atoms with Crippen molar-refractivity contribution in [1.82, 2.24) is 9.97 Å². The van der Waals surface area contributed by atoms with Gasteiger partial charge in [0.05, 0.1) is 12.1 Å². The van der Waals surface area contributed by atoms with Crippen molar-refractivity contribution in [3.05, 3.63) is 58.9 Å². The van der Waals surface area contributed by atoms with Crippen LogP contribution in [-0.4, -0.2) is 72.2 Å². The van der Waals surface area contributed by atoms with E-state index in [4.69, 9.17) is 30.6 Å². The SMILES string of the molecule is O=P(O)(O)CP(=O)(O)OC[C@H]1O[C@@H](c2ccc3c(N4CCc5ccccc54)nc(Cl)nc3c2)[C@H](O)[C@@H]1O. The van der Waals surface area contributed by atoms with Gasteiger partial charge in [0, 0.05) is 17.6 Å². The summed E-state index contributed by atoms with van der Waals surface area (Å²) in [6.07, 6.45) is -4.29. The molecule has 5 atom stereocenters. The van der Waals surface area contributed by atoms with E-state index in [0.717, 1.165) is 24.0 Å². The number of hydrogen-bond acceptors (Lipinski definition) is 9. The Bertz CT molecular complexity index is 1440. The van der Waals surface area contributed by atoms with Crippen molar-refractivity contribution in [2.24, 2.45) is 0 Å². The Labute approximate surface area is 216 Å². The number of ether oxygens (including phenoxy) is 1. The Morgan fingerprint density at radius 1 is 1.08 bits per heavy atom. The van der Waals surface area contributed by atoms with Crippen molar-refractivity contribution in [2.75, 3.05) is 24.0 Å². The topological polar surface area (TPSA) is 183 Å². The fraction of sp³-hybridized carbons (Fsp3) is 0.364. The normalized spacial score (nSPS) is 25.4. The van der Waals surface area contributed by atoms with Crippen LogP contribution in [0.4, 0.5) is 11.5 Å². The third-order valence-corrected chi connectivity index (χ3v) is 9.94. The van der Waals surface area contributed by atoms with Gasteiger partial charge in [-0.1, -0.05) is 24.3 Å². The zero-order valence-corrected chi connectivity index (χ0v) is 21.7. The molecule has 1 saturated heterocycles. The zero-order valence-electron chi connectivity index (χ0n) is 19.2. The van der Waals surface area contributed by atoms with Gasteiger partial charge in [-0.05, 0) is 47.3 Å². The molecular formula is C22H24ClN3O9P2. The molecule has 5 rings (SSSR count). The van der Waals surface area contributed by atoms with Crippen LogP contribution in [0.3, 0.4) is 0 Å². The van der Waals surface area contributed by atoms with Gasteiger partial charge in [0.15, 0.2) is 5.90 Å². The van der Waals surface area contributed by atoms with E-state index in [2.05, 4.69) is 20.9 Å². The molecule has 2 aliphatic rings. The summed E-state index contributed by atoms with van der Waals surface area (Å²) in [7, 11) is -9.46. The molecular weight excluding hydrogens is 548 g/mol. The number of aromatic nitrogens is 2. The molecule has 2 aliphatic heterocycles. The maximum absolute atomic E-state index is 11.9. The van der Waals surface area contributed by atoms with Gasteiger partial charge in [-0.2, -0.15) is 4.98 Å². The molecule has 15 heteroatoms. The van der Waals surface area contributed by atoms with E-state index in [1.807, 2.05) is 18.2 Å². The molecule has 5 N–H and O–H groups in total. The van der Waals surface area contributed by atoms with Crippen molar-refractivity contribution >= 4 is 49.2 Å². The summed E-state index contributed by atoms with van der Waals surface area (Å²) in [6, 6.07) is 13.1. The van der Waals surface area contributed by atoms with Crippen molar-refractivity contribution in [1.29, 1.82) is 0 Å². The first-order valence-corrected chi connectivity index (χ1v) is 15.2. The summed E-state index contributed by atoms with van der Waals surface area (Å²) in [5.74, 6) is -0.738. The van der Waals surface area contributed by atoms with Gasteiger partial charge >= 0.3 is 15.2 Å². The maximum Gasteiger partial charge on any atom is 0.340 e. The van der Waals surface area contributed by atoms with Crippen molar-refractivity contribution in [3.8, 4) is 0 Å². The molecule has 198 valence electrons. The lowest BCUT2D eigenvalue weighted by Gasteiger charge is -2.21. The average Bonchev–Trinajstić information content (AvgIpc) is 3.36. The minimum atomic E-state index is -4.81. The van der Waals surface area contributed by atoms with Gasteiger partial charge in [-0.25, -0.2) is 4.98 Å². The molecule has 1 fully saturated rings. The van der Waals surface area contributed by atoms with Gasteiger partial charge in [0.1, 0.15) is 30.2 Å². The van der Waals surface area contributed by atoms with E-state index in [1.165, 1.54) is 5.56 Å². The Hall–Kier alpha value is -1.95. The van der Waals surface area contributed by atoms with Crippen LogP contribution in [0.25, 0.3) is 10.9 Å². The van der Waals surface area contributed by atoms with Gasteiger partial charge in [0.2, 0.25) is 5.28 Å². The van der Waals surface area contributed by atoms with Gasteiger partial charge in [0.25, 0.3) is 0 Å². The van der Waals surface area contributed by atoms with E-state index in [1.54, 1.807) is 18.2 Å². The summed E-state index contributed by atoms with van der Waals surface area (Å²) in [4.78, 5) is 38.4. The Kier molecular flexibility index (Phi) is 7.19. The van der Waals surface area contributed by atoms with Crippen molar-refractivity contribution in [3.63, 3.8) is 0 Å². The predicted octanol–water partition coefficient (Wildman–Crippen LogP) is 2.48. The number of benzene rings is 2. The number of aliphatic hydroxyl groups excluding tert-OH is 2. The zero-order chi connectivity index (χ0) is 26.5. The number of anilines is 2. The van der Waals surface area contributed by atoms with Crippen LogP contribution in [0.15, 0.2) is 42.5 Å². The summed E-state index contributed by atoms with van der Waals surface area (Å²) in [5, 5.41) is 21.8. The largest absolute Gasteiger partial charge is 0.387 e. The molecule has 2 aromatic carbocycles. The molecule has 0 amide bonds. The van der Waals surface area contributed by atoms with Gasteiger partial charge < -0.3 is 39.1 Å². The van der Waals surface area contributed by atoms with Crippen LogP contribution in [0.1, 0.15) is 17.2 Å². The van der Waals surface area contributed by atoms with E-state index in [9.17, 15) is 24.2 Å². The molecule has 1 aromatic heterocycles. The second-order valence-corrected chi connectivity index (χ2v) is 13.3. The minimum absolute atomic E-state index is 0.0342. The summed E-state index contributed by atoms with van der Waals surface area (Å²) in [5.41, 5.74) is 3.18. The lowest BCUT2D eigenvalue weighted by atomic mass is 10.0. The highest BCUT2D eigenvalue weighted by Gasteiger charge is 2.45. The Morgan fingerprint density at radius 2 is 1.84 bits per heavy atom. The van der Waals surface area contributed by atoms with E-state index >= 15 is 0 Å². The number of aliphatic hydroxyl groups is 2. The van der Waals surface area contributed by atoms with Crippen LogP contribution in [0, 0.1) is 0 Å². The molecule has 0 spiro atoms. The van der Waals surface area contributed by atoms with Crippen LogP contribution >= 0.6 is 26.8 Å². The molecule has 0 aliphatic carbocycles. The predicted molar refractivity (Wildman–Crippen MR) is 134 cm³/mol. The standard InChI is InChI=1S/C22H24ClN3O9P2/c23-22-24-15-9-13(5-6-14(15)21(25-22)26-8-7-12-3-1-2-4-16(12)26)20-19(28)18(27)17(35-20)10-34-37(32,33)11-36(29,30)31/h1-6,9,17-20,27-28H,7-8,10-11H2,(H,32,33)(H2,29,30,31)/t17-,18-,19-,20+/m1/s1. The van der Waals surface area contributed by atoms with Gasteiger partial charge in [-0.15, -0.1) is 0 Å². The number of hydrogen-bond donors (Lipinski definition) is 5. The fourth-order valence-electron chi connectivity index (χ4n) is 4.67. The second kappa shape index (κ2) is 9.98. The van der Waals surface area contributed by atoms with Crippen LogP contribution in [0.2, 0.25) is 5.28 Å². The van der Waals surface area contributed by atoms with Gasteiger partial charge in [-0.3, -0.25) is 9.13 Å². The highest BCUT2D eigenvalue weighted by atomic mass is 35.5.